The Labute approximate surface area is 171 Å². The van der Waals surface area contributed by atoms with Gasteiger partial charge >= 0.3 is 5.97 Å². The number of hydrogen-bond donors (Lipinski definition) is 2. The van der Waals surface area contributed by atoms with Crippen LogP contribution in [0, 0.1) is 0 Å². The summed E-state index contributed by atoms with van der Waals surface area (Å²) in [7, 11) is 0. The Balaban J connectivity index is 1.69. The predicted molar refractivity (Wildman–Crippen MR) is 112 cm³/mol. The third-order valence-electron chi connectivity index (χ3n) is 4.65. The van der Waals surface area contributed by atoms with E-state index in [0.29, 0.717) is 21.8 Å². The van der Waals surface area contributed by atoms with Crippen LogP contribution in [0.1, 0.15) is 28.0 Å². The second kappa shape index (κ2) is 7.81. The van der Waals surface area contributed by atoms with E-state index < -0.39 is 5.97 Å². The number of nitrogens with one attached hydrogen (secondary N) is 1. The number of thioether (sulfide) groups is 1. The number of carbonyl (C=O) groups is 2. The summed E-state index contributed by atoms with van der Waals surface area (Å²) in [6.45, 7) is 0. The fraction of sp³-hybridized carbons (Fsp3) is 0.190. The number of benzene rings is 2. The molecule has 4 rings (SSSR count). The Kier molecular flexibility index (Phi) is 5.24. The van der Waals surface area contributed by atoms with Crippen LogP contribution in [0.5, 0.6) is 0 Å². The zero-order chi connectivity index (χ0) is 19.7. The molecule has 142 valence electrons. The first-order valence-corrected chi connectivity index (χ1v) is 10.2. The van der Waals surface area contributed by atoms with Crippen LogP contribution in [-0.2, 0) is 17.6 Å². The third kappa shape index (κ3) is 3.84. The summed E-state index contributed by atoms with van der Waals surface area (Å²) in [5, 5.41) is 13.4. The molecule has 0 fully saturated rings. The molecule has 0 bridgehead atoms. The summed E-state index contributed by atoms with van der Waals surface area (Å²) in [4.78, 5) is 29.4. The van der Waals surface area contributed by atoms with E-state index in [-0.39, 0.29) is 11.7 Å². The van der Waals surface area contributed by atoms with E-state index in [1.54, 1.807) is 36.4 Å². The lowest BCUT2D eigenvalue weighted by molar-refractivity contribution is -0.133. The third-order valence-corrected chi connectivity index (χ3v) is 6.03. The molecule has 0 unspecified atom stereocenters. The van der Waals surface area contributed by atoms with Crippen molar-refractivity contribution in [3.63, 3.8) is 0 Å². The number of anilines is 1. The van der Waals surface area contributed by atoms with Crippen LogP contribution in [0.15, 0.2) is 47.4 Å². The van der Waals surface area contributed by atoms with Crippen molar-refractivity contribution in [1.82, 2.24) is 4.98 Å². The number of halogens is 1. The molecule has 0 aliphatic heterocycles. The van der Waals surface area contributed by atoms with Gasteiger partial charge in [0.1, 0.15) is 0 Å². The number of aliphatic carboxylic acids is 1. The molecule has 1 aliphatic rings. The van der Waals surface area contributed by atoms with Gasteiger partial charge in [-0.2, -0.15) is 0 Å². The summed E-state index contributed by atoms with van der Waals surface area (Å²) in [6.07, 6.45) is 2.81. The van der Waals surface area contributed by atoms with Gasteiger partial charge in [0, 0.05) is 32.2 Å². The standard InChI is InChI=1S/C21H17ClN2O3S/c22-13-3-1-4-14(10-13)23-21(27)12-7-8-16-18(9-12)24-17-6-2-5-15(17)20(16)28-11-19(25)26/h1,3-4,7-10H,2,5-6,11H2,(H,23,27)(H,25,26). The lowest BCUT2D eigenvalue weighted by atomic mass is 10.1. The molecular weight excluding hydrogens is 396 g/mol. The van der Waals surface area contributed by atoms with E-state index >= 15 is 0 Å². The highest BCUT2D eigenvalue weighted by Gasteiger charge is 2.21. The summed E-state index contributed by atoms with van der Waals surface area (Å²) in [5.74, 6) is -1.09. The Hall–Kier alpha value is -2.57. The number of nitrogens with zero attached hydrogens (tertiary/aromatic N) is 1. The molecule has 1 aromatic heterocycles. The Bertz CT molecular complexity index is 1100. The highest BCUT2D eigenvalue weighted by Crippen LogP contribution is 2.37. The monoisotopic (exact) mass is 412 g/mol. The molecule has 3 aromatic rings. The van der Waals surface area contributed by atoms with E-state index in [1.165, 1.54) is 11.8 Å². The van der Waals surface area contributed by atoms with E-state index in [4.69, 9.17) is 21.7 Å². The number of hydrogen-bond acceptors (Lipinski definition) is 4. The van der Waals surface area contributed by atoms with Gasteiger partial charge < -0.3 is 10.4 Å². The van der Waals surface area contributed by atoms with Gasteiger partial charge in [-0.05, 0) is 55.2 Å². The van der Waals surface area contributed by atoms with Gasteiger partial charge in [-0.3, -0.25) is 14.6 Å². The first-order valence-electron chi connectivity index (χ1n) is 8.88. The molecule has 1 aliphatic carbocycles. The number of amides is 1. The highest BCUT2D eigenvalue weighted by molar-refractivity contribution is 8.00. The van der Waals surface area contributed by atoms with Gasteiger partial charge in [0.25, 0.3) is 5.91 Å². The maximum absolute atomic E-state index is 12.6. The molecule has 28 heavy (non-hydrogen) atoms. The predicted octanol–water partition coefficient (Wildman–Crippen LogP) is 4.81. The Morgan fingerprint density at radius 1 is 1.18 bits per heavy atom. The minimum absolute atomic E-state index is 0.00254. The number of aryl methyl sites for hydroxylation is 1. The van der Waals surface area contributed by atoms with Crippen LogP contribution in [0.3, 0.4) is 0 Å². The zero-order valence-electron chi connectivity index (χ0n) is 14.9. The molecule has 1 heterocycles. The maximum atomic E-state index is 12.6. The second-order valence-electron chi connectivity index (χ2n) is 6.60. The van der Waals surface area contributed by atoms with Gasteiger partial charge in [0.2, 0.25) is 0 Å². The van der Waals surface area contributed by atoms with E-state index in [9.17, 15) is 9.59 Å². The lowest BCUT2D eigenvalue weighted by Crippen LogP contribution is -2.12. The van der Waals surface area contributed by atoms with Crippen molar-refractivity contribution in [3.05, 3.63) is 64.3 Å². The van der Waals surface area contributed by atoms with Gasteiger partial charge in [-0.25, -0.2) is 0 Å². The van der Waals surface area contributed by atoms with E-state index in [2.05, 4.69) is 5.32 Å². The minimum Gasteiger partial charge on any atom is -0.481 e. The molecule has 2 aromatic carbocycles. The lowest BCUT2D eigenvalue weighted by Gasteiger charge is -2.12. The zero-order valence-corrected chi connectivity index (χ0v) is 16.4. The summed E-state index contributed by atoms with van der Waals surface area (Å²) >= 11 is 7.30. The average Bonchev–Trinajstić information content (AvgIpc) is 3.12. The number of carbonyl (C=O) groups excluding carboxylic acids is 1. The molecule has 0 spiro atoms. The number of fused-ring (bicyclic) bond motifs is 2. The number of pyridine rings is 1. The fourth-order valence-corrected chi connectivity index (χ4v) is 4.61. The van der Waals surface area contributed by atoms with Gasteiger partial charge in [-0.15, -0.1) is 11.8 Å². The first-order chi connectivity index (χ1) is 13.5. The van der Waals surface area contributed by atoms with Crippen molar-refractivity contribution in [3.8, 4) is 0 Å². The molecule has 5 nitrogen and oxygen atoms in total. The van der Waals surface area contributed by atoms with Crippen LogP contribution < -0.4 is 5.32 Å². The summed E-state index contributed by atoms with van der Waals surface area (Å²) in [6, 6.07) is 12.3. The van der Waals surface area contributed by atoms with Crippen molar-refractivity contribution in [2.45, 2.75) is 24.2 Å². The Morgan fingerprint density at radius 3 is 2.82 bits per heavy atom. The van der Waals surface area contributed by atoms with Crippen molar-refractivity contribution in [2.75, 3.05) is 11.1 Å². The van der Waals surface area contributed by atoms with Crippen LogP contribution in [0.25, 0.3) is 10.9 Å². The smallest absolute Gasteiger partial charge is 0.313 e. The molecule has 2 N–H and O–H groups in total. The van der Waals surface area contributed by atoms with Crippen LogP contribution in [0.2, 0.25) is 5.02 Å². The molecule has 0 saturated heterocycles. The largest absolute Gasteiger partial charge is 0.481 e. The quantitative estimate of drug-likeness (QED) is 0.588. The first kappa shape index (κ1) is 18.8. The molecule has 0 atom stereocenters. The van der Waals surface area contributed by atoms with Gasteiger partial charge in [-0.1, -0.05) is 23.7 Å². The fourth-order valence-electron chi connectivity index (χ4n) is 3.43. The SMILES string of the molecule is O=C(O)CSc1c2c(nc3cc(C(=O)Nc4cccc(Cl)c4)ccc13)CCC2. The van der Waals surface area contributed by atoms with Crippen LogP contribution >= 0.6 is 23.4 Å². The van der Waals surface area contributed by atoms with Crippen LogP contribution in [-0.4, -0.2) is 27.7 Å². The van der Waals surface area contributed by atoms with E-state index in [0.717, 1.165) is 40.8 Å². The highest BCUT2D eigenvalue weighted by atomic mass is 35.5. The average molecular weight is 413 g/mol. The number of rotatable bonds is 5. The van der Waals surface area contributed by atoms with Crippen molar-refractivity contribution in [2.24, 2.45) is 0 Å². The van der Waals surface area contributed by atoms with Crippen molar-refractivity contribution < 1.29 is 14.7 Å². The molecular formula is C21H17ClN2O3S. The van der Waals surface area contributed by atoms with Crippen molar-refractivity contribution in [1.29, 1.82) is 0 Å². The summed E-state index contributed by atoms with van der Waals surface area (Å²) in [5.41, 5.74) is 3.99. The molecule has 1 amide bonds. The normalized spacial score (nSPS) is 12.8. The topological polar surface area (TPSA) is 79.3 Å². The number of carboxylic acid groups (broad SMARTS) is 1. The molecule has 0 radical (unpaired) electrons. The number of carboxylic acids is 1. The molecule has 0 saturated carbocycles. The van der Waals surface area contributed by atoms with E-state index in [1.807, 2.05) is 6.07 Å². The Morgan fingerprint density at radius 2 is 2.04 bits per heavy atom. The van der Waals surface area contributed by atoms with Crippen molar-refractivity contribution >= 4 is 51.8 Å². The molecule has 7 heteroatoms. The maximum Gasteiger partial charge on any atom is 0.313 e. The number of aromatic nitrogens is 1. The van der Waals surface area contributed by atoms with Gasteiger partial charge in [0.15, 0.2) is 0 Å². The van der Waals surface area contributed by atoms with Gasteiger partial charge in [0.05, 0.1) is 11.3 Å². The minimum atomic E-state index is -0.848. The van der Waals surface area contributed by atoms with Crippen LogP contribution in [0.4, 0.5) is 5.69 Å². The summed E-state index contributed by atoms with van der Waals surface area (Å²) < 4.78 is 0. The second-order valence-corrected chi connectivity index (χ2v) is 8.02.